The molecule has 32 heavy (non-hydrogen) atoms. The summed E-state index contributed by atoms with van der Waals surface area (Å²) in [6.07, 6.45) is 1.32. The van der Waals surface area contributed by atoms with E-state index < -0.39 is 5.97 Å². The molecular weight excluding hydrogens is 402 g/mol. The minimum Gasteiger partial charge on any atom is -0.497 e. The quantitative estimate of drug-likeness (QED) is 0.534. The molecule has 5 heteroatoms. The number of carboxylic acid groups (broad SMARTS) is 1. The van der Waals surface area contributed by atoms with Gasteiger partial charge in [0.25, 0.3) is 0 Å². The van der Waals surface area contributed by atoms with E-state index in [1.54, 1.807) is 7.11 Å². The smallest absolute Gasteiger partial charge is 0.306 e. The lowest BCUT2D eigenvalue weighted by molar-refractivity contribution is -0.143. The normalized spacial score (nSPS) is 15.8. The van der Waals surface area contributed by atoms with Gasteiger partial charge in [0.15, 0.2) is 0 Å². The summed E-state index contributed by atoms with van der Waals surface area (Å²) in [7, 11) is 1.66. The highest BCUT2D eigenvalue weighted by molar-refractivity contribution is 5.70. The maximum Gasteiger partial charge on any atom is 0.306 e. The van der Waals surface area contributed by atoms with E-state index in [-0.39, 0.29) is 12.0 Å². The molecule has 3 aromatic rings. The number of hydrogen-bond donors (Lipinski definition) is 1. The van der Waals surface area contributed by atoms with E-state index in [2.05, 4.69) is 41.3 Å². The van der Waals surface area contributed by atoms with Crippen molar-refractivity contribution in [1.29, 1.82) is 0 Å². The Bertz CT molecular complexity index is 1010. The molecule has 1 heterocycles. The second kappa shape index (κ2) is 10.3. The number of nitrogens with zero attached hydrogens (tertiary/aromatic N) is 1. The summed E-state index contributed by atoms with van der Waals surface area (Å²) in [4.78, 5) is 13.8. The van der Waals surface area contributed by atoms with E-state index in [9.17, 15) is 9.90 Å². The van der Waals surface area contributed by atoms with Gasteiger partial charge in [-0.3, -0.25) is 9.69 Å². The minimum atomic E-state index is -0.693. The molecule has 1 atom stereocenters. The van der Waals surface area contributed by atoms with E-state index in [1.807, 2.05) is 42.5 Å². The molecule has 1 saturated heterocycles. The molecule has 1 unspecified atom stereocenters. The average molecular weight is 432 g/mol. The van der Waals surface area contributed by atoms with Gasteiger partial charge in [-0.1, -0.05) is 54.6 Å². The third-order valence-electron chi connectivity index (χ3n) is 6.10. The second-order valence-electron chi connectivity index (χ2n) is 8.17. The van der Waals surface area contributed by atoms with Crippen molar-refractivity contribution in [3.8, 4) is 11.5 Å². The maximum atomic E-state index is 11.4. The summed E-state index contributed by atoms with van der Waals surface area (Å²) < 4.78 is 11.4. The number of methoxy groups -OCH3 is 1. The molecule has 0 radical (unpaired) electrons. The molecule has 0 saturated carbocycles. The first kappa shape index (κ1) is 21.9. The Hall–Kier alpha value is -3.31. The molecule has 166 valence electrons. The first-order valence-corrected chi connectivity index (χ1v) is 11.0. The summed E-state index contributed by atoms with van der Waals surface area (Å²) in [6.45, 7) is 1.99. The van der Waals surface area contributed by atoms with Crippen LogP contribution in [0.2, 0.25) is 0 Å². The lowest BCUT2D eigenvalue weighted by Crippen LogP contribution is -2.39. The van der Waals surface area contributed by atoms with Crippen molar-refractivity contribution in [3.63, 3.8) is 0 Å². The summed E-state index contributed by atoms with van der Waals surface area (Å²) in [5.74, 6) is 0.688. The van der Waals surface area contributed by atoms with Crippen molar-refractivity contribution in [1.82, 2.24) is 4.90 Å². The largest absolute Gasteiger partial charge is 0.497 e. The SMILES string of the molecule is COc1ccc(C(c2cccc(OCc3ccccc3)c2)N2CCC(C(=O)O)CC2)cc1. The van der Waals surface area contributed by atoms with E-state index in [0.29, 0.717) is 19.4 Å². The van der Waals surface area contributed by atoms with Gasteiger partial charge in [0, 0.05) is 0 Å². The van der Waals surface area contributed by atoms with E-state index in [4.69, 9.17) is 9.47 Å². The molecule has 3 aromatic carbocycles. The molecule has 1 N–H and O–H groups in total. The Morgan fingerprint density at radius 3 is 2.31 bits per heavy atom. The lowest BCUT2D eigenvalue weighted by Gasteiger charge is -2.37. The molecule has 0 amide bonds. The Labute approximate surface area is 189 Å². The van der Waals surface area contributed by atoms with Crippen molar-refractivity contribution >= 4 is 5.97 Å². The molecule has 1 aliphatic heterocycles. The zero-order valence-electron chi connectivity index (χ0n) is 18.3. The van der Waals surface area contributed by atoms with Crippen molar-refractivity contribution in [2.45, 2.75) is 25.5 Å². The van der Waals surface area contributed by atoms with Gasteiger partial charge in [-0.15, -0.1) is 0 Å². The predicted molar refractivity (Wildman–Crippen MR) is 124 cm³/mol. The average Bonchev–Trinajstić information content (AvgIpc) is 2.85. The van der Waals surface area contributed by atoms with Crippen LogP contribution < -0.4 is 9.47 Å². The lowest BCUT2D eigenvalue weighted by atomic mass is 9.91. The third kappa shape index (κ3) is 5.29. The van der Waals surface area contributed by atoms with Crippen LogP contribution >= 0.6 is 0 Å². The Kier molecular flexibility index (Phi) is 7.07. The highest BCUT2D eigenvalue weighted by atomic mass is 16.5. The van der Waals surface area contributed by atoms with Crippen LogP contribution in [0.1, 0.15) is 35.6 Å². The molecule has 0 bridgehead atoms. The summed E-state index contributed by atoms with van der Waals surface area (Å²) in [6, 6.07) is 26.5. The van der Waals surface area contributed by atoms with Gasteiger partial charge < -0.3 is 14.6 Å². The number of likely N-dealkylation sites (tertiary alicyclic amines) is 1. The Morgan fingerprint density at radius 2 is 1.66 bits per heavy atom. The summed E-state index contributed by atoms with van der Waals surface area (Å²) in [5.41, 5.74) is 3.41. The molecule has 1 aliphatic rings. The Balaban J connectivity index is 1.58. The third-order valence-corrected chi connectivity index (χ3v) is 6.10. The topological polar surface area (TPSA) is 59.0 Å². The van der Waals surface area contributed by atoms with Crippen LogP contribution in [0.25, 0.3) is 0 Å². The van der Waals surface area contributed by atoms with Gasteiger partial charge in [-0.05, 0) is 66.9 Å². The standard InChI is InChI=1S/C27H29NO4/c1-31-24-12-10-21(11-13-24)26(28-16-14-22(15-17-28)27(29)30)23-8-5-9-25(18-23)32-19-20-6-3-2-4-7-20/h2-13,18,22,26H,14-17,19H2,1H3,(H,29,30). The fourth-order valence-electron chi connectivity index (χ4n) is 4.32. The van der Waals surface area contributed by atoms with Crippen LogP contribution in [0.5, 0.6) is 11.5 Å². The van der Waals surface area contributed by atoms with Crippen molar-refractivity contribution < 1.29 is 19.4 Å². The minimum absolute atomic E-state index is 0.0240. The van der Waals surface area contributed by atoms with Crippen molar-refractivity contribution in [2.24, 2.45) is 5.92 Å². The number of piperidine rings is 1. The van der Waals surface area contributed by atoms with Gasteiger partial charge in [0.05, 0.1) is 19.1 Å². The number of carbonyl (C=O) groups is 1. The fourth-order valence-corrected chi connectivity index (χ4v) is 4.32. The number of ether oxygens (including phenoxy) is 2. The van der Waals surface area contributed by atoms with Crippen LogP contribution in [0.3, 0.4) is 0 Å². The molecular formula is C27H29NO4. The highest BCUT2D eigenvalue weighted by Crippen LogP contribution is 2.34. The number of aliphatic carboxylic acids is 1. The first-order chi connectivity index (χ1) is 15.6. The summed E-state index contributed by atoms with van der Waals surface area (Å²) in [5, 5.41) is 9.40. The number of hydrogen-bond acceptors (Lipinski definition) is 4. The van der Waals surface area contributed by atoms with Crippen LogP contribution in [0, 0.1) is 5.92 Å². The number of benzene rings is 3. The van der Waals surface area contributed by atoms with Gasteiger partial charge in [-0.25, -0.2) is 0 Å². The van der Waals surface area contributed by atoms with Crippen molar-refractivity contribution in [2.75, 3.05) is 20.2 Å². The fraction of sp³-hybridized carbons (Fsp3) is 0.296. The summed E-state index contributed by atoms with van der Waals surface area (Å²) >= 11 is 0. The molecule has 0 aromatic heterocycles. The predicted octanol–water partition coefficient (Wildman–Crippen LogP) is 5.16. The molecule has 0 aliphatic carbocycles. The maximum absolute atomic E-state index is 11.4. The van der Waals surface area contributed by atoms with Crippen LogP contribution in [0.4, 0.5) is 0 Å². The van der Waals surface area contributed by atoms with Gasteiger partial charge in [-0.2, -0.15) is 0 Å². The molecule has 0 spiro atoms. The van der Waals surface area contributed by atoms with E-state index in [1.165, 1.54) is 0 Å². The van der Waals surface area contributed by atoms with Gasteiger partial charge in [0.1, 0.15) is 18.1 Å². The van der Waals surface area contributed by atoms with Crippen LogP contribution in [0.15, 0.2) is 78.9 Å². The van der Waals surface area contributed by atoms with Gasteiger partial charge in [0.2, 0.25) is 0 Å². The molecule has 4 rings (SSSR count). The van der Waals surface area contributed by atoms with Crippen LogP contribution in [-0.2, 0) is 11.4 Å². The van der Waals surface area contributed by atoms with Crippen LogP contribution in [-0.4, -0.2) is 36.2 Å². The van der Waals surface area contributed by atoms with Crippen molar-refractivity contribution in [3.05, 3.63) is 95.6 Å². The molecule has 1 fully saturated rings. The zero-order chi connectivity index (χ0) is 22.3. The first-order valence-electron chi connectivity index (χ1n) is 11.0. The second-order valence-corrected chi connectivity index (χ2v) is 8.17. The highest BCUT2D eigenvalue weighted by Gasteiger charge is 2.30. The van der Waals surface area contributed by atoms with E-state index >= 15 is 0 Å². The Morgan fingerprint density at radius 1 is 0.938 bits per heavy atom. The number of carboxylic acids is 1. The zero-order valence-corrected chi connectivity index (χ0v) is 18.3. The monoisotopic (exact) mass is 431 g/mol. The number of rotatable bonds is 8. The van der Waals surface area contributed by atoms with Gasteiger partial charge >= 0.3 is 5.97 Å². The van der Waals surface area contributed by atoms with E-state index in [0.717, 1.165) is 41.3 Å². The molecule has 5 nitrogen and oxygen atoms in total.